The van der Waals surface area contributed by atoms with Crippen LogP contribution in [-0.4, -0.2) is 40.1 Å². The third-order valence-electron chi connectivity index (χ3n) is 2.52. The summed E-state index contributed by atoms with van der Waals surface area (Å²) in [4.78, 5) is 28.1. The van der Waals surface area contributed by atoms with E-state index in [1.807, 2.05) is 12.3 Å². The lowest BCUT2D eigenvalue weighted by Crippen LogP contribution is -2.46. The smallest absolute Gasteiger partial charge is 0.326 e. The van der Waals surface area contributed by atoms with Crippen LogP contribution in [0.4, 0.5) is 4.79 Å². The summed E-state index contributed by atoms with van der Waals surface area (Å²) in [7, 11) is 1.48. The van der Waals surface area contributed by atoms with Gasteiger partial charge < -0.3 is 15.3 Å². The molecule has 0 aliphatic heterocycles. The molecule has 1 rings (SSSR count). The van der Waals surface area contributed by atoms with Crippen molar-refractivity contribution in [2.75, 3.05) is 7.05 Å². The van der Waals surface area contributed by atoms with Crippen molar-refractivity contribution in [3.63, 3.8) is 0 Å². The second-order valence-corrected chi connectivity index (χ2v) is 4.86. The summed E-state index contributed by atoms with van der Waals surface area (Å²) in [6, 6.07) is -1.21. The molecule has 0 saturated carbocycles. The van der Waals surface area contributed by atoms with Gasteiger partial charge in [0.25, 0.3) is 0 Å². The Morgan fingerprint density at radius 1 is 1.61 bits per heavy atom. The minimum absolute atomic E-state index is 0.317. The molecule has 0 saturated heterocycles. The molecule has 1 unspecified atom stereocenters. The maximum absolute atomic E-state index is 11.8. The fraction of sp³-hybridized carbons (Fsp3) is 0.545. The number of carbonyl (C=O) groups is 2. The number of thiazole rings is 1. The van der Waals surface area contributed by atoms with E-state index < -0.39 is 18.0 Å². The second-order valence-electron chi connectivity index (χ2n) is 3.91. The molecule has 2 amide bonds. The van der Waals surface area contributed by atoms with Crippen molar-refractivity contribution in [1.82, 2.24) is 15.2 Å². The Bertz CT molecular complexity index is 433. The number of likely N-dealkylation sites (N-methyl/N-ethyl adjacent to an activating group) is 1. The van der Waals surface area contributed by atoms with Crippen molar-refractivity contribution in [3.05, 3.63) is 16.1 Å². The molecule has 1 heterocycles. The molecule has 0 aliphatic rings. The van der Waals surface area contributed by atoms with Crippen LogP contribution in [0, 0.1) is 6.92 Å². The first-order chi connectivity index (χ1) is 8.45. The zero-order valence-corrected chi connectivity index (χ0v) is 11.5. The lowest BCUT2D eigenvalue weighted by atomic mass is 10.2. The third-order valence-corrected chi connectivity index (χ3v) is 3.48. The number of carboxylic acids is 1. The number of nitrogens with zero attached hydrogens (tertiary/aromatic N) is 2. The molecule has 2 N–H and O–H groups in total. The van der Waals surface area contributed by atoms with Crippen LogP contribution in [0.1, 0.15) is 24.0 Å². The molecular weight excluding hydrogens is 254 g/mol. The van der Waals surface area contributed by atoms with Crippen LogP contribution in [0.3, 0.4) is 0 Å². The first-order valence-electron chi connectivity index (χ1n) is 5.60. The fourth-order valence-electron chi connectivity index (χ4n) is 1.52. The molecule has 0 fully saturated rings. The highest BCUT2D eigenvalue weighted by molar-refractivity contribution is 7.09. The van der Waals surface area contributed by atoms with Crippen molar-refractivity contribution < 1.29 is 14.7 Å². The van der Waals surface area contributed by atoms with Gasteiger partial charge in [-0.05, 0) is 13.3 Å². The summed E-state index contributed by atoms with van der Waals surface area (Å²) in [5, 5.41) is 14.3. The molecule has 0 aromatic carbocycles. The van der Waals surface area contributed by atoms with Gasteiger partial charge in [-0.25, -0.2) is 14.6 Å². The number of carboxylic acid groups (broad SMARTS) is 1. The summed E-state index contributed by atoms with van der Waals surface area (Å²) < 4.78 is 0. The number of aryl methyl sites for hydroxylation is 1. The van der Waals surface area contributed by atoms with Crippen molar-refractivity contribution in [2.45, 2.75) is 32.9 Å². The molecule has 0 aliphatic carbocycles. The highest BCUT2D eigenvalue weighted by atomic mass is 32.1. The molecule has 7 heteroatoms. The van der Waals surface area contributed by atoms with E-state index in [9.17, 15) is 9.59 Å². The van der Waals surface area contributed by atoms with Gasteiger partial charge in [-0.15, -0.1) is 11.3 Å². The number of nitrogens with one attached hydrogen (secondary N) is 1. The molecule has 0 radical (unpaired) electrons. The topological polar surface area (TPSA) is 82.5 Å². The summed E-state index contributed by atoms with van der Waals surface area (Å²) in [5.41, 5.74) is 0.912. The number of urea groups is 1. The number of aliphatic carboxylic acids is 1. The number of amides is 2. The zero-order valence-electron chi connectivity index (χ0n) is 10.6. The van der Waals surface area contributed by atoms with Gasteiger partial charge in [0.1, 0.15) is 11.0 Å². The van der Waals surface area contributed by atoms with Crippen molar-refractivity contribution >= 4 is 23.3 Å². The normalized spacial score (nSPS) is 11.9. The number of hydrogen-bond acceptors (Lipinski definition) is 4. The van der Waals surface area contributed by atoms with Crippen molar-refractivity contribution in [3.8, 4) is 0 Å². The van der Waals surface area contributed by atoms with Crippen LogP contribution in [0.5, 0.6) is 0 Å². The Labute approximate surface area is 110 Å². The maximum Gasteiger partial charge on any atom is 0.326 e. The van der Waals surface area contributed by atoms with E-state index >= 15 is 0 Å². The Balaban J connectivity index is 2.52. The third kappa shape index (κ3) is 3.69. The van der Waals surface area contributed by atoms with E-state index in [2.05, 4.69) is 10.3 Å². The predicted molar refractivity (Wildman–Crippen MR) is 68.6 cm³/mol. The predicted octanol–water partition coefficient (Wildman–Crippen LogP) is 1.46. The van der Waals surface area contributed by atoms with Gasteiger partial charge in [-0.3, -0.25) is 0 Å². The molecule has 1 atom stereocenters. The molecular formula is C11H17N3O3S. The Kier molecular flexibility index (Phi) is 5.08. The molecule has 0 bridgehead atoms. The molecule has 18 heavy (non-hydrogen) atoms. The van der Waals surface area contributed by atoms with Gasteiger partial charge in [0, 0.05) is 18.1 Å². The van der Waals surface area contributed by atoms with Crippen LogP contribution >= 0.6 is 11.3 Å². The highest BCUT2D eigenvalue weighted by Crippen LogP contribution is 2.08. The SMILES string of the molecule is CCC(C(=O)O)N(C)C(=O)NCc1nc(C)cs1. The minimum Gasteiger partial charge on any atom is -0.480 e. The van der Waals surface area contributed by atoms with Gasteiger partial charge in [0.2, 0.25) is 0 Å². The van der Waals surface area contributed by atoms with E-state index in [4.69, 9.17) is 5.11 Å². The Morgan fingerprint density at radius 2 is 2.28 bits per heavy atom. The monoisotopic (exact) mass is 271 g/mol. The van der Waals surface area contributed by atoms with Gasteiger partial charge in [-0.2, -0.15) is 0 Å². The summed E-state index contributed by atoms with van der Waals surface area (Å²) in [6.45, 7) is 3.93. The van der Waals surface area contributed by atoms with Gasteiger partial charge in [0.05, 0.1) is 6.54 Å². The Hall–Kier alpha value is -1.63. The van der Waals surface area contributed by atoms with E-state index in [1.165, 1.54) is 23.3 Å². The fourth-order valence-corrected chi connectivity index (χ4v) is 2.23. The zero-order chi connectivity index (χ0) is 13.7. The Morgan fingerprint density at radius 3 is 2.72 bits per heavy atom. The summed E-state index contributed by atoms with van der Waals surface area (Å²) in [6.07, 6.45) is 0.371. The van der Waals surface area contributed by atoms with Crippen molar-refractivity contribution in [2.24, 2.45) is 0 Å². The summed E-state index contributed by atoms with van der Waals surface area (Å²) >= 11 is 1.46. The molecule has 100 valence electrons. The van der Waals surface area contributed by atoms with Crippen LogP contribution in [0.15, 0.2) is 5.38 Å². The molecule has 1 aromatic rings. The second kappa shape index (κ2) is 6.34. The van der Waals surface area contributed by atoms with Crippen LogP contribution in [-0.2, 0) is 11.3 Å². The lowest BCUT2D eigenvalue weighted by Gasteiger charge is -2.23. The van der Waals surface area contributed by atoms with E-state index in [0.29, 0.717) is 13.0 Å². The average molecular weight is 271 g/mol. The number of hydrogen-bond donors (Lipinski definition) is 2. The first-order valence-corrected chi connectivity index (χ1v) is 6.48. The van der Waals surface area contributed by atoms with Gasteiger partial charge >= 0.3 is 12.0 Å². The van der Waals surface area contributed by atoms with Crippen LogP contribution in [0.25, 0.3) is 0 Å². The van der Waals surface area contributed by atoms with Gasteiger partial charge in [0.15, 0.2) is 0 Å². The van der Waals surface area contributed by atoms with Crippen LogP contribution < -0.4 is 5.32 Å². The molecule has 6 nitrogen and oxygen atoms in total. The van der Waals surface area contributed by atoms with Crippen LogP contribution in [0.2, 0.25) is 0 Å². The number of aromatic nitrogens is 1. The highest BCUT2D eigenvalue weighted by Gasteiger charge is 2.24. The average Bonchev–Trinajstić information content (AvgIpc) is 2.72. The van der Waals surface area contributed by atoms with Gasteiger partial charge in [-0.1, -0.05) is 6.92 Å². The maximum atomic E-state index is 11.8. The lowest BCUT2D eigenvalue weighted by molar-refractivity contribution is -0.141. The van der Waals surface area contributed by atoms with E-state index in [0.717, 1.165) is 10.7 Å². The summed E-state index contributed by atoms with van der Waals surface area (Å²) in [5.74, 6) is -1.000. The number of rotatable bonds is 5. The van der Waals surface area contributed by atoms with E-state index in [1.54, 1.807) is 6.92 Å². The van der Waals surface area contributed by atoms with Crippen molar-refractivity contribution in [1.29, 1.82) is 0 Å². The largest absolute Gasteiger partial charge is 0.480 e. The first kappa shape index (κ1) is 14.4. The molecule has 0 spiro atoms. The molecule has 1 aromatic heterocycles. The quantitative estimate of drug-likeness (QED) is 0.849. The van der Waals surface area contributed by atoms with E-state index in [-0.39, 0.29) is 0 Å². The standard InChI is InChI=1S/C11H17N3O3S/c1-4-8(10(15)16)14(3)11(17)12-5-9-13-7(2)6-18-9/h6,8H,4-5H2,1-3H3,(H,12,17)(H,15,16). The number of carbonyl (C=O) groups excluding carboxylic acids is 1. The minimum atomic E-state index is -1.000.